The predicted octanol–water partition coefficient (Wildman–Crippen LogP) is 3.12. The summed E-state index contributed by atoms with van der Waals surface area (Å²) in [5.74, 6) is 0.654. The number of rotatable bonds is 7. The molecule has 0 aromatic heterocycles. The Kier molecular flexibility index (Phi) is 4.94. The van der Waals surface area contributed by atoms with Gasteiger partial charge in [0.2, 0.25) is 0 Å². The fraction of sp³-hybridized carbons (Fsp3) is 0.625. The molecule has 1 N–H and O–H groups in total. The largest absolute Gasteiger partial charge is 0.383 e. The van der Waals surface area contributed by atoms with Crippen molar-refractivity contribution >= 4 is 0 Å². The van der Waals surface area contributed by atoms with Crippen LogP contribution < -0.4 is 5.32 Å². The molecule has 0 atom stereocenters. The zero-order chi connectivity index (χ0) is 13.7. The molecule has 1 saturated carbocycles. The summed E-state index contributed by atoms with van der Waals surface area (Å²) in [5, 5.41) is 3.44. The van der Waals surface area contributed by atoms with E-state index in [0.29, 0.717) is 0 Å². The van der Waals surface area contributed by atoms with E-state index in [1.54, 1.807) is 13.2 Å². The molecule has 0 bridgehead atoms. The van der Waals surface area contributed by atoms with Crippen molar-refractivity contribution in [3.8, 4) is 0 Å². The van der Waals surface area contributed by atoms with Gasteiger partial charge in [-0.2, -0.15) is 0 Å². The number of ether oxygens (including phenoxy) is 1. The Morgan fingerprint density at radius 1 is 1.42 bits per heavy atom. The van der Waals surface area contributed by atoms with E-state index in [4.69, 9.17) is 4.74 Å². The molecule has 0 aliphatic heterocycles. The SMILES string of the molecule is CCC1CC(CNCCOC)(c2cccc(F)c2)C1. The van der Waals surface area contributed by atoms with Crippen molar-refractivity contribution in [2.45, 2.75) is 31.6 Å². The number of halogens is 1. The minimum atomic E-state index is -0.131. The number of hydrogen-bond acceptors (Lipinski definition) is 2. The summed E-state index contributed by atoms with van der Waals surface area (Å²) < 4.78 is 18.5. The summed E-state index contributed by atoms with van der Waals surface area (Å²) in [6, 6.07) is 7.10. The van der Waals surface area contributed by atoms with Crippen LogP contribution in [0.3, 0.4) is 0 Å². The van der Waals surface area contributed by atoms with Crippen LogP contribution in [0, 0.1) is 11.7 Å². The molecule has 0 unspecified atom stereocenters. The van der Waals surface area contributed by atoms with Gasteiger partial charge in [-0.05, 0) is 36.5 Å². The molecule has 1 fully saturated rings. The van der Waals surface area contributed by atoms with Gasteiger partial charge in [-0.25, -0.2) is 4.39 Å². The first-order valence-electron chi connectivity index (χ1n) is 7.16. The van der Waals surface area contributed by atoms with Gasteiger partial charge in [-0.3, -0.25) is 0 Å². The highest BCUT2D eigenvalue weighted by Gasteiger charge is 2.44. The summed E-state index contributed by atoms with van der Waals surface area (Å²) in [5.41, 5.74) is 1.26. The van der Waals surface area contributed by atoms with Crippen molar-refractivity contribution in [3.05, 3.63) is 35.6 Å². The van der Waals surface area contributed by atoms with Crippen LogP contribution in [0.5, 0.6) is 0 Å². The second-order valence-electron chi connectivity index (χ2n) is 5.64. The minimum absolute atomic E-state index is 0.122. The highest BCUT2D eigenvalue weighted by Crippen LogP contribution is 2.48. The van der Waals surface area contributed by atoms with E-state index >= 15 is 0 Å². The molecule has 2 rings (SSSR count). The lowest BCUT2D eigenvalue weighted by Gasteiger charge is -2.48. The first-order chi connectivity index (χ1) is 9.20. The standard InChI is InChI=1S/C16H24FNO/c1-3-13-10-16(11-13,12-18-7-8-19-2)14-5-4-6-15(17)9-14/h4-6,9,13,18H,3,7-8,10-12H2,1-2H3. The van der Waals surface area contributed by atoms with Crippen LogP contribution in [-0.2, 0) is 10.2 Å². The van der Waals surface area contributed by atoms with Gasteiger partial charge in [0.25, 0.3) is 0 Å². The third-order valence-corrected chi connectivity index (χ3v) is 4.32. The van der Waals surface area contributed by atoms with E-state index in [9.17, 15) is 4.39 Å². The zero-order valence-corrected chi connectivity index (χ0v) is 11.9. The Labute approximate surface area is 115 Å². The third kappa shape index (κ3) is 3.34. The second kappa shape index (κ2) is 6.49. The Balaban J connectivity index is 2.03. The lowest BCUT2D eigenvalue weighted by molar-refractivity contribution is 0.127. The van der Waals surface area contributed by atoms with E-state index in [2.05, 4.69) is 18.3 Å². The monoisotopic (exact) mass is 265 g/mol. The van der Waals surface area contributed by atoms with Gasteiger partial charge in [0.15, 0.2) is 0 Å². The first-order valence-corrected chi connectivity index (χ1v) is 7.16. The van der Waals surface area contributed by atoms with Crippen LogP contribution in [0.2, 0.25) is 0 Å². The smallest absolute Gasteiger partial charge is 0.123 e. The van der Waals surface area contributed by atoms with Crippen LogP contribution in [-0.4, -0.2) is 26.8 Å². The van der Waals surface area contributed by atoms with Crippen molar-refractivity contribution < 1.29 is 9.13 Å². The summed E-state index contributed by atoms with van der Waals surface area (Å²) >= 11 is 0. The number of benzene rings is 1. The van der Waals surface area contributed by atoms with Gasteiger partial charge in [-0.1, -0.05) is 25.5 Å². The summed E-state index contributed by atoms with van der Waals surface area (Å²) in [7, 11) is 1.71. The maximum Gasteiger partial charge on any atom is 0.123 e. The molecule has 0 radical (unpaired) electrons. The second-order valence-corrected chi connectivity index (χ2v) is 5.64. The average molecular weight is 265 g/mol. The highest BCUT2D eigenvalue weighted by molar-refractivity contribution is 5.30. The molecule has 0 spiro atoms. The highest BCUT2D eigenvalue weighted by atomic mass is 19.1. The molecule has 1 aromatic rings. The quantitative estimate of drug-likeness (QED) is 0.765. The average Bonchev–Trinajstić information content (AvgIpc) is 2.37. The molecule has 1 aromatic carbocycles. The number of methoxy groups -OCH3 is 1. The molecular weight excluding hydrogens is 241 g/mol. The van der Waals surface area contributed by atoms with Crippen LogP contribution in [0.15, 0.2) is 24.3 Å². The fourth-order valence-electron chi connectivity index (χ4n) is 3.14. The molecule has 0 saturated heterocycles. The van der Waals surface area contributed by atoms with Crippen molar-refractivity contribution in [2.24, 2.45) is 5.92 Å². The zero-order valence-electron chi connectivity index (χ0n) is 11.9. The molecular formula is C16H24FNO. The van der Waals surface area contributed by atoms with E-state index in [-0.39, 0.29) is 11.2 Å². The van der Waals surface area contributed by atoms with E-state index in [1.807, 2.05) is 6.07 Å². The third-order valence-electron chi connectivity index (χ3n) is 4.32. The summed E-state index contributed by atoms with van der Waals surface area (Å²) in [6.07, 6.45) is 3.54. The molecule has 19 heavy (non-hydrogen) atoms. The lowest BCUT2D eigenvalue weighted by Crippen LogP contribution is -2.49. The maximum atomic E-state index is 13.4. The molecule has 3 heteroatoms. The fourth-order valence-corrected chi connectivity index (χ4v) is 3.14. The minimum Gasteiger partial charge on any atom is -0.383 e. The van der Waals surface area contributed by atoms with Crippen LogP contribution >= 0.6 is 0 Å². The van der Waals surface area contributed by atoms with Gasteiger partial charge < -0.3 is 10.1 Å². The van der Waals surface area contributed by atoms with E-state index in [0.717, 1.165) is 44.0 Å². The maximum absolute atomic E-state index is 13.4. The Bertz CT molecular complexity index is 401. The Morgan fingerprint density at radius 2 is 2.21 bits per heavy atom. The lowest BCUT2D eigenvalue weighted by atomic mass is 9.58. The Morgan fingerprint density at radius 3 is 2.84 bits per heavy atom. The van der Waals surface area contributed by atoms with E-state index in [1.165, 1.54) is 12.5 Å². The van der Waals surface area contributed by atoms with Gasteiger partial charge in [0.05, 0.1) is 6.61 Å². The number of nitrogens with one attached hydrogen (secondary N) is 1. The van der Waals surface area contributed by atoms with Gasteiger partial charge in [0.1, 0.15) is 5.82 Å². The normalized spacial score (nSPS) is 26.2. The summed E-state index contributed by atoms with van der Waals surface area (Å²) in [4.78, 5) is 0. The molecule has 1 aliphatic carbocycles. The molecule has 106 valence electrons. The van der Waals surface area contributed by atoms with Crippen LogP contribution in [0.4, 0.5) is 4.39 Å². The van der Waals surface area contributed by atoms with Crippen molar-refractivity contribution in [2.75, 3.05) is 26.8 Å². The van der Waals surface area contributed by atoms with Crippen molar-refractivity contribution in [1.29, 1.82) is 0 Å². The molecule has 2 nitrogen and oxygen atoms in total. The summed E-state index contributed by atoms with van der Waals surface area (Å²) in [6.45, 7) is 4.72. The molecule has 0 heterocycles. The topological polar surface area (TPSA) is 21.3 Å². The predicted molar refractivity (Wildman–Crippen MR) is 75.8 cm³/mol. The van der Waals surface area contributed by atoms with Crippen molar-refractivity contribution in [1.82, 2.24) is 5.32 Å². The van der Waals surface area contributed by atoms with Crippen LogP contribution in [0.25, 0.3) is 0 Å². The molecule has 0 amide bonds. The van der Waals surface area contributed by atoms with Gasteiger partial charge in [-0.15, -0.1) is 0 Å². The van der Waals surface area contributed by atoms with Gasteiger partial charge >= 0.3 is 0 Å². The Hall–Kier alpha value is -0.930. The first kappa shape index (κ1) is 14.5. The van der Waals surface area contributed by atoms with Gasteiger partial charge in [0, 0.05) is 25.6 Å². The van der Waals surface area contributed by atoms with Crippen molar-refractivity contribution in [3.63, 3.8) is 0 Å². The number of hydrogen-bond donors (Lipinski definition) is 1. The molecule has 1 aliphatic rings. The van der Waals surface area contributed by atoms with E-state index < -0.39 is 0 Å². The van der Waals surface area contributed by atoms with Crippen LogP contribution in [0.1, 0.15) is 31.7 Å².